The molecule has 5 aromatic rings. The number of fused-ring (bicyclic) bond motifs is 2. The van der Waals surface area contributed by atoms with E-state index in [1.807, 2.05) is 24.4 Å². The van der Waals surface area contributed by atoms with Crippen LogP contribution in [0.3, 0.4) is 0 Å². The molecular formula is C27H23N5O5S. The summed E-state index contributed by atoms with van der Waals surface area (Å²) in [6.45, 7) is 0.859. The first-order valence-corrected chi connectivity index (χ1v) is 13.5. The Hall–Kier alpha value is -4.32. The normalized spacial score (nSPS) is 16.1. The van der Waals surface area contributed by atoms with Crippen LogP contribution >= 0.6 is 0 Å². The minimum absolute atomic E-state index is 0.0132. The summed E-state index contributed by atoms with van der Waals surface area (Å²) in [5, 5.41) is 16.4. The summed E-state index contributed by atoms with van der Waals surface area (Å²) < 4.78 is 32.3. The zero-order valence-electron chi connectivity index (χ0n) is 20.0. The van der Waals surface area contributed by atoms with Gasteiger partial charge < -0.3 is 20.1 Å². The van der Waals surface area contributed by atoms with Gasteiger partial charge in [-0.2, -0.15) is 0 Å². The van der Waals surface area contributed by atoms with Crippen LogP contribution in [-0.4, -0.2) is 59.6 Å². The minimum Gasteiger partial charge on any atom is -0.478 e. The van der Waals surface area contributed by atoms with Gasteiger partial charge in [0, 0.05) is 35.3 Å². The number of H-pyrrole nitrogens is 1. The number of sulfone groups is 1. The second-order valence-corrected chi connectivity index (χ2v) is 11.0. The van der Waals surface area contributed by atoms with Crippen molar-refractivity contribution in [1.82, 2.24) is 20.3 Å². The Kier molecular flexibility index (Phi) is 6.03. The number of morpholine rings is 1. The van der Waals surface area contributed by atoms with E-state index in [0.717, 1.165) is 22.0 Å². The molecule has 1 saturated heterocycles. The van der Waals surface area contributed by atoms with Gasteiger partial charge >= 0.3 is 5.97 Å². The van der Waals surface area contributed by atoms with Crippen LogP contribution in [0, 0.1) is 0 Å². The summed E-state index contributed by atoms with van der Waals surface area (Å²) in [5.41, 5.74) is 3.87. The van der Waals surface area contributed by atoms with Gasteiger partial charge in [-0.25, -0.2) is 18.2 Å². The molecule has 0 amide bonds. The SMILES string of the molecule is O=C(O)c1ccccc1Nc1cc(S(=O)(=O)C2COCCN2)nc2ccc(-c3cncc4[nH]ccc34)cc12. The molecule has 1 atom stereocenters. The first-order chi connectivity index (χ1) is 18.4. The maximum atomic E-state index is 13.5. The fourth-order valence-electron chi connectivity index (χ4n) is 4.64. The smallest absolute Gasteiger partial charge is 0.337 e. The van der Waals surface area contributed by atoms with E-state index in [0.29, 0.717) is 35.4 Å². The zero-order chi connectivity index (χ0) is 26.3. The van der Waals surface area contributed by atoms with E-state index >= 15 is 0 Å². The van der Waals surface area contributed by atoms with Gasteiger partial charge in [0.25, 0.3) is 0 Å². The molecule has 1 aliphatic heterocycles. The number of hydrogen-bond donors (Lipinski definition) is 4. The zero-order valence-corrected chi connectivity index (χ0v) is 20.8. The molecule has 4 N–H and O–H groups in total. The summed E-state index contributed by atoms with van der Waals surface area (Å²) in [4.78, 5) is 23.9. The third-order valence-electron chi connectivity index (χ3n) is 6.55. The van der Waals surface area contributed by atoms with Crippen molar-refractivity contribution in [2.45, 2.75) is 10.4 Å². The summed E-state index contributed by atoms with van der Waals surface area (Å²) in [6.07, 6.45) is 5.36. The number of para-hydroxylation sites is 1. The van der Waals surface area contributed by atoms with Crippen molar-refractivity contribution in [3.8, 4) is 11.1 Å². The Morgan fingerprint density at radius 2 is 1.92 bits per heavy atom. The van der Waals surface area contributed by atoms with Gasteiger partial charge in [-0.1, -0.05) is 18.2 Å². The number of ether oxygens (including phenoxy) is 1. The van der Waals surface area contributed by atoms with Gasteiger partial charge in [0.1, 0.15) is 5.37 Å². The summed E-state index contributed by atoms with van der Waals surface area (Å²) >= 11 is 0. The quantitative estimate of drug-likeness (QED) is 0.257. The van der Waals surface area contributed by atoms with E-state index in [1.54, 1.807) is 36.7 Å². The summed E-state index contributed by atoms with van der Waals surface area (Å²) in [5.74, 6) is -1.10. The molecule has 0 aliphatic carbocycles. The third kappa shape index (κ3) is 4.26. The van der Waals surface area contributed by atoms with Crippen LogP contribution in [0.5, 0.6) is 0 Å². The molecule has 192 valence electrons. The number of aromatic carboxylic acids is 1. The predicted octanol–water partition coefficient (Wildman–Crippen LogP) is 3.94. The van der Waals surface area contributed by atoms with Crippen LogP contribution < -0.4 is 10.6 Å². The van der Waals surface area contributed by atoms with Crippen LogP contribution in [0.15, 0.2) is 78.2 Å². The van der Waals surface area contributed by atoms with Crippen LogP contribution in [0.25, 0.3) is 32.9 Å². The highest BCUT2D eigenvalue weighted by molar-refractivity contribution is 7.92. The molecule has 38 heavy (non-hydrogen) atoms. The van der Waals surface area contributed by atoms with Crippen molar-refractivity contribution in [1.29, 1.82) is 0 Å². The minimum atomic E-state index is -3.90. The van der Waals surface area contributed by atoms with E-state index in [2.05, 4.69) is 25.6 Å². The predicted molar refractivity (Wildman–Crippen MR) is 143 cm³/mol. The lowest BCUT2D eigenvalue weighted by atomic mass is 10.0. The van der Waals surface area contributed by atoms with Crippen molar-refractivity contribution in [2.24, 2.45) is 0 Å². The number of nitrogens with zero attached hydrogens (tertiary/aromatic N) is 2. The number of hydrogen-bond acceptors (Lipinski definition) is 8. The molecule has 1 fully saturated rings. The third-order valence-corrected chi connectivity index (χ3v) is 8.40. The maximum absolute atomic E-state index is 13.5. The molecule has 6 rings (SSSR count). The molecule has 3 aromatic heterocycles. The molecule has 4 heterocycles. The van der Waals surface area contributed by atoms with E-state index in [9.17, 15) is 18.3 Å². The number of nitrogens with one attached hydrogen (secondary N) is 3. The van der Waals surface area contributed by atoms with Crippen LogP contribution in [-0.2, 0) is 14.6 Å². The number of carboxylic acids is 1. The Morgan fingerprint density at radius 1 is 1.05 bits per heavy atom. The fraction of sp³-hybridized carbons (Fsp3) is 0.148. The summed E-state index contributed by atoms with van der Waals surface area (Å²) in [7, 11) is -3.90. The number of pyridine rings is 2. The lowest BCUT2D eigenvalue weighted by Gasteiger charge is -2.24. The monoisotopic (exact) mass is 529 g/mol. The van der Waals surface area contributed by atoms with Crippen LogP contribution in [0.4, 0.5) is 11.4 Å². The maximum Gasteiger partial charge on any atom is 0.337 e. The van der Waals surface area contributed by atoms with Gasteiger partial charge in [-0.05, 0) is 42.0 Å². The number of benzene rings is 2. The molecule has 10 nitrogen and oxygen atoms in total. The van der Waals surface area contributed by atoms with E-state index < -0.39 is 21.2 Å². The molecule has 1 unspecified atom stereocenters. The van der Waals surface area contributed by atoms with Gasteiger partial charge in [0.2, 0.25) is 9.84 Å². The molecule has 0 radical (unpaired) electrons. The number of carbonyl (C=O) groups is 1. The molecule has 0 saturated carbocycles. The largest absolute Gasteiger partial charge is 0.478 e. The molecule has 0 spiro atoms. The van der Waals surface area contributed by atoms with E-state index in [-0.39, 0.29) is 17.2 Å². The number of aromatic nitrogens is 3. The lowest BCUT2D eigenvalue weighted by molar-refractivity contribution is 0.0698. The highest BCUT2D eigenvalue weighted by atomic mass is 32.2. The topological polar surface area (TPSA) is 146 Å². The molecule has 11 heteroatoms. The highest BCUT2D eigenvalue weighted by Gasteiger charge is 2.31. The number of anilines is 2. The van der Waals surface area contributed by atoms with Crippen molar-refractivity contribution in [2.75, 3.05) is 25.1 Å². The van der Waals surface area contributed by atoms with Crippen molar-refractivity contribution < 1.29 is 23.1 Å². The second-order valence-electron chi connectivity index (χ2n) is 8.90. The standard InChI is InChI=1S/C27H23N5O5S/c33-27(34)18-3-1-2-4-21(18)31-23-12-25(38(35,36)26-15-37-10-9-30-26)32-22-6-5-16(11-19(22)23)20-13-28-14-24-17(20)7-8-29-24/h1-8,11-14,26,29-30H,9-10,15H2,(H,31,32)(H,33,34). The Morgan fingerprint density at radius 3 is 2.74 bits per heavy atom. The highest BCUT2D eigenvalue weighted by Crippen LogP contribution is 2.35. The lowest BCUT2D eigenvalue weighted by Crippen LogP contribution is -2.46. The Bertz CT molecular complexity index is 1790. The van der Waals surface area contributed by atoms with Gasteiger partial charge in [0.15, 0.2) is 5.03 Å². The molecule has 1 aliphatic rings. The van der Waals surface area contributed by atoms with Crippen molar-refractivity contribution in [3.63, 3.8) is 0 Å². The average Bonchev–Trinajstić information content (AvgIpc) is 3.43. The first-order valence-electron chi connectivity index (χ1n) is 11.9. The number of carboxylic acid groups (broad SMARTS) is 1. The van der Waals surface area contributed by atoms with Crippen LogP contribution in [0.2, 0.25) is 0 Å². The van der Waals surface area contributed by atoms with Gasteiger partial charge in [-0.3, -0.25) is 10.3 Å². The Labute approximate surface area is 217 Å². The first kappa shape index (κ1) is 24.0. The van der Waals surface area contributed by atoms with Crippen molar-refractivity contribution in [3.05, 3.63) is 78.8 Å². The van der Waals surface area contributed by atoms with Gasteiger partial charge in [-0.15, -0.1) is 0 Å². The van der Waals surface area contributed by atoms with E-state index in [1.165, 1.54) is 12.1 Å². The Balaban J connectivity index is 1.54. The van der Waals surface area contributed by atoms with E-state index in [4.69, 9.17) is 4.74 Å². The van der Waals surface area contributed by atoms with Crippen LogP contribution in [0.1, 0.15) is 10.4 Å². The van der Waals surface area contributed by atoms with Crippen molar-refractivity contribution >= 4 is 49.0 Å². The average molecular weight is 530 g/mol. The molecule has 0 bridgehead atoms. The fourth-order valence-corrected chi connectivity index (χ4v) is 6.05. The number of rotatable bonds is 6. The molecule has 2 aromatic carbocycles. The number of aromatic amines is 1. The molecular weight excluding hydrogens is 506 g/mol. The summed E-state index contributed by atoms with van der Waals surface area (Å²) in [6, 6.07) is 15.4. The second kappa shape index (κ2) is 9.53. The van der Waals surface area contributed by atoms with Gasteiger partial charge in [0.05, 0.1) is 47.4 Å².